The van der Waals surface area contributed by atoms with Gasteiger partial charge in [-0.05, 0) is 25.0 Å². The third kappa shape index (κ3) is 8.19. The molecule has 4 unspecified atom stereocenters. The standard InChI is InChI=1S/C27H38N4O4/c1-6-21(28-5)24(31-26(34)20-14-10-11-15-23(20)32)18(4)29-27(35)22(30-25(33)17(2)3)16-19-12-8-7-9-13-19/h7-15,17-18,22,24,26,31-32,34H,6,16H2,1-5H3,(H,29,35)(H,30,33). The van der Waals surface area contributed by atoms with Crippen molar-refractivity contribution in [2.24, 2.45) is 10.9 Å². The number of rotatable bonds is 12. The number of aromatic hydroxyl groups is 1. The minimum atomic E-state index is -1.18. The summed E-state index contributed by atoms with van der Waals surface area (Å²) in [5, 5.41) is 29.9. The van der Waals surface area contributed by atoms with E-state index in [2.05, 4.69) is 20.9 Å². The molecule has 0 aliphatic rings. The SMILES string of the molecule is CCC(=NC)C(NC(O)c1ccccc1O)C(C)NC(=O)C(Cc1ccccc1)NC(=O)C(C)C. The normalized spacial score (nSPS) is 15.2. The number of phenols is 1. The number of phenolic OH excluding ortho intramolecular Hbond substituents is 1. The third-order valence-corrected chi connectivity index (χ3v) is 5.89. The second kappa shape index (κ2) is 13.6. The van der Waals surface area contributed by atoms with Crippen LogP contribution in [0.1, 0.15) is 51.5 Å². The van der Waals surface area contributed by atoms with Gasteiger partial charge in [-0.2, -0.15) is 0 Å². The first kappa shape index (κ1) is 28.0. The number of amides is 2. The largest absolute Gasteiger partial charge is 0.508 e. The van der Waals surface area contributed by atoms with Gasteiger partial charge in [0, 0.05) is 36.7 Å². The average Bonchev–Trinajstić information content (AvgIpc) is 2.84. The van der Waals surface area contributed by atoms with Crippen LogP contribution in [0, 0.1) is 5.92 Å². The molecule has 0 aliphatic carbocycles. The predicted octanol–water partition coefficient (Wildman–Crippen LogP) is 2.71. The molecule has 4 atom stereocenters. The van der Waals surface area contributed by atoms with Crippen molar-refractivity contribution in [2.45, 2.75) is 64.9 Å². The summed E-state index contributed by atoms with van der Waals surface area (Å²) in [5.74, 6) is -0.831. The zero-order valence-corrected chi connectivity index (χ0v) is 21.2. The molecule has 0 aromatic heterocycles. The van der Waals surface area contributed by atoms with Crippen molar-refractivity contribution in [3.05, 3.63) is 65.7 Å². The molecule has 0 bridgehead atoms. The van der Waals surface area contributed by atoms with Crippen LogP contribution in [0.25, 0.3) is 0 Å². The van der Waals surface area contributed by atoms with Crippen LogP contribution in [0.15, 0.2) is 59.6 Å². The van der Waals surface area contributed by atoms with Gasteiger partial charge in [0.05, 0.1) is 6.04 Å². The molecule has 8 nitrogen and oxygen atoms in total. The van der Waals surface area contributed by atoms with Crippen LogP contribution in [0.2, 0.25) is 0 Å². The molecule has 8 heteroatoms. The highest BCUT2D eigenvalue weighted by Gasteiger charge is 2.30. The highest BCUT2D eigenvalue weighted by Crippen LogP contribution is 2.22. The van der Waals surface area contributed by atoms with E-state index in [9.17, 15) is 19.8 Å². The van der Waals surface area contributed by atoms with Crippen molar-refractivity contribution < 1.29 is 19.8 Å². The molecule has 2 aromatic carbocycles. The molecule has 2 aromatic rings. The lowest BCUT2D eigenvalue weighted by atomic mass is 9.99. The topological polar surface area (TPSA) is 123 Å². The smallest absolute Gasteiger partial charge is 0.243 e. The minimum absolute atomic E-state index is 0.0336. The Morgan fingerprint density at radius 2 is 1.57 bits per heavy atom. The van der Waals surface area contributed by atoms with Gasteiger partial charge in [-0.1, -0.05) is 69.3 Å². The molecule has 0 fully saturated rings. The van der Waals surface area contributed by atoms with Crippen molar-refractivity contribution in [1.29, 1.82) is 0 Å². The van der Waals surface area contributed by atoms with Gasteiger partial charge in [0.25, 0.3) is 0 Å². The van der Waals surface area contributed by atoms with E-state index in [-0.39, 0.29) is 23.5 Å². The maximum Gasteiger partial charge on any atom is 0.243 e. The number of hydrogen-bond donors (Lipinski definition) is 5. The van der Waals surface area contributed by atoms with Crippen LogP contribution in [0.5, 0.6) is 5.75 Å². The molecule has 0 saturated carbocycles. The predicted molar refractivity (Wildman–Crippen MR) is 138 cm³/mol. The zero-order chi connectivity index (χ0) is 26.0. The summed E-state index contributed by atoms with van der Waals surface area (Å²) < 4.78 is 0. The second-order valence-corrected chi connectivity index (χ2v) is 8.88. The van der Waals surface area contributed by atoms with E-state index in [1.54, 1.807) is 39.1 Å². The molecule has 2 amide bonds. The number of para-hydroxylation sites is 1. The van der Waals surface area contributed by atoms with Crippen LogP contribution in [0.4, 0.5) is 0 Å². The minimum Gasteiger partial charge on any atom is -0.508 e. The van der Waals surface area contributed by atoms with Crippen LogP contribution < -0.4 is 16.0 Å². The van der Waals surface area contributed by atoms with E-state index in [0.717, 1.165) is 11.3 Å². The number of benzene rings is 2. The quantitative estimate of drug-likeness (QED) is 0.235. The van der Waals surface area contributed by atoms with Crippen LogP contribution in [-0.2, 0) is 16.0 Å². The van der Waals surface area contributed by atoms with Gasteiger partial charge in [0.1, 0.15) is 18.0 Å². The first-order valence-electron chi connectivity index (χ1n) is 12.0. The van der Waals surface area contributed by atoms with Gasteiger partial charge in [0.15, 0.2) is 0 Å². The zero-order valence-electron chi connectivity index (χ0n) is 21.2. The lowest BCUT2D eigenvalue weighted by molar-refractivity contribution is -0.130. The molecule has 5 N–H and O–H groups in total. The molecule has 0 aliphatic heterocycles. The number of hydrogen-bond acceptors (Lipinski definition) is 6. The molecular weight excluding hydrogens is 444 g/mol. The Labute approximate surface area is 207 Å². The molecule has 35 heavy (non-hydrogen) atoms. The number of aliphatic hydroxyl groups excluding tert-OH is 1. The summed E-state index contributed by atoms with van der Waals surface area (Å²) in [5.41, 5.74) is 2.00. The van der Waals surface area contributed by atoms with E-state index in [1.165, 1.54) is 6.07 Å². The fourth-order valence-corrected chi connectivity index (χ4v) is 3.83. The Kier molecular flexibility index (Phi) is 10.9. The number of carbonyl (C=O) groups is 2. The fourth-order valence-electron chi connectivity index (χ4n) is 3.83. The fraction of sp³-hybridized carbons (Fsp3) is 0.444. The van der Waals surface area contributed by atoms with Crippen LogP contribution in [0.3, 0.4) is 0 Å². The van der Waals surface area contributed by atoms with E-state index in [0.29, 0.717) is 18.4 Å². The van der Waals surface area contributed by atoms with Gasteiger partial charge >= 0.3 is 0 Å². The average molecular weight is 483 g/mol. The third-order valence-electron chi connectivity index (χ3n) is 5.89. The highest BCUT2D eigenvalue weighted by molar-refractivity contribution is 5.92. The Morgan fingerprint density at radius 3 is 2.14 bits per heavy atom. The number of aliphatic imine (C=N–C) groups is 1. The van der Waals surface area contributed by atoms with Gasteiger partial charge in [-0.15, -0.1) is 0 Å². The Hall–Kier alpha value is -3.23. The van der Waals surface area contributed by atoms with E-state index < -0.39 is 24.4 Å². The van der Waals surface area contributed by atoms with Crippen molar-refractivity contribution in [1.82, 2.24) is 16.0 Å². The lowest BCUT2D eigenvalue weighted by Crippen LogP contribution is -2.57. The summed E-state index contributed by atoms with van der Waals surface area (Å²) >= 11 is 0. The first-order valence-corrected chi connectivity index (χ1v) is 12.0. The van der Waals surface area contributed by atoms with E-state index in [4.69, 9.17) is 0 Å². The van der Waals surface area contributed by atoms with Gasteiger partial charge in [0.2, 0.25) is 11.8 Å². The van der Waals surface area contributed by atoms with Crippen LogP contribution >= 0.6 is 0 Å². The molecule has 0 saturated heterocycles. The summed E-state index contributed by atoms with van der Waals surface area (Å²) in [6, 6.07) is 14.3. The molecular formula is C27H38N4O4. The van der Waals surface area contributed by atoms with E-state index in [1.807, 2.05) is 44.2 Å². The number of aliphatic hydroxyl groups is 1. The highest BCUT2D eigenvalue weighted by atomic mass is 16.3. The summed E-state index contributed by atoms with van der Waals surface area (Å²) in [6.45, 7) is 7.32. The van der Waals surface area contributed by atoms with Crippen molar-refractivity contribution in [2.75, 3.05) is 7.05 Å². The van der Waals surface area contributed by atoms with Gasteiger partial charge in [-0.3, -0.25) is 19.9 Å². The Bertz CT molecular complexity index is 994. The van der Waals surface area contributed by atoms with Gasteiger partial charge in [-0.25, -0.2) is 0 Å². The van der Waals surface area contributed by atoms with E-state index >= 15 is 0 Å². The van der Waals surface area contributed by atoms with Crippen molar-refractivity contribution in [3.8, 4) is 5.75 Å². The van der Waals surface area contributed by atoms with Gasteiger partial charge < -0.3 is 20.8 Å². The molecule has 0 heterocycles. The molecule has 190 valence electrons. The van der Waals surface area contributed by atoms with Crippen molar-refractivity contribution in [3.63, 3.8) is 0 Å². The second-order valence-electron chi connectivity index (χ2n) is 8.88. The van der Waals surface area contributed by atoms with Crippen LogP contribution in [-0.4, -0.2) is 52.9 Å². The maximum absolute atomic E-state index is 13.3. The number of nitrogens with one attached hydrogen (secondary N) is 3. The summed E-state index contributed by atoms with van der Waals surface area (Å²) in [6.07, 6.45) is -0.233. The molecule has 0 radical (unpaired) electrons. The maximum atomic E-state index is 13.3. The molecule has 2 rings (SSSR count). The Balaban J connectivity index is 2.23. The first-order chi connectivity index (χ1) is 16.7. The number of nitrogens with zero attached hydrogens (tertiary/aromatic N) is 1. The number of carbonyl (C=O) groups excluding carboxylic acids is 2. The Morgan fingerprint density at radius 1 is 0.943 bits per heavy atom. The molecule has 0 spiro atoms. The summed E-state index contributed by atoms with van der Waals surface area (Å²) in [7, 11) is 1.66. The lowest BCUT2D eigenvalue weighted by Gasteiger charge is -2.31. The summed E-state index contributed by atoms with van der Waals surface area (Å²) in [4.78, 5) is 30.1. The monoisotopic (exact) mass is 482 g/mol. The van der Waals surface area contributed by atoms with Crippen molar-refractivity contribution >= 4 is 17.5 Å².